The lowest BCUT2D eigenvalue weighted by Crippen LogP contribution is -2.25. The monoisotopic (exact) mass is 257 g/mol. The van der Waals surface area contributed by atoms with Crippen molar-refractivity contribution in [3.8, 4) is 6.07 Å². The second-order valence-electron chi connectivity index (χ2n) is 4.28. The number of nitro groups is 1. The van der Waals surface area contributed by atoms with Crippen LogP contribution in [0.15, 0.2) is 30.9 Å². The first-order valence-corrected chi connectivity index (χ1v) is 5.68. The molecule has 2 rings (SSSR count). The number of nitrogens with zero attached hydrogens (tertiary/aromatic N) is 3. The molecule has 0 spiro atoms. The second-order valence-corrected chi connectivity index (χ2v) is 4.28. The summed E-state index contributed by atoms with van der Waals surface area (Å²) in [6.07, 6.45) is 1.98. The molecule has 1 fully saturated rings. The molecule has 1 atom stereocenters. The maximum Gasteiger partial charge on any atom is 0.294 e. The third-order valence-corrected chi connectivity index (χ3v) is 3.08. The molecule has 0 bridgehead atoms. The Balaban J connectivity index is 2.45. The summed E-state index contributed by atoms with van der Waals surface area (Å²) < 4.78 is 0. The molecule has 0 radical (unpaired) electrons. The van der Waals surface area contributed by atoms with Crippen molar-refractivity contribution in [2.75, 3.05) is 11.4 Å². The fourth-order valence-corrected chi connectivity index (χ4v) is 2.09. The predicted molar refractivity (Wildman–Crippen MR) is 68.5 cm³/mol. The Morgan fingerprint density at radius 2 is 2.32 bits per heavy atom. The summed E-state index contributed by atoms with van der Waals surface area (Å²) in [6.45, 7) is 4.02. The molecule has 1 aliphatic rings. The molecule has 0 aliphatic carbocycles. The average molecular weight is 257 g/mol. The van der Waals surface area contributed by atoms with Crippen molar-refractivity contribution in [3.05, 3.63) is 46.5 Å². The normalized spacial score (nSPS) is 18.2. The van der Waals surface area contributed by atoms with Crippen molar-refractivity contribution in [2.45, 2.75) is 6.42 Å². The number of anilines is 1. The van der Waals surface area contributed by atoms with E-state index in [-0.39, 0.29) is 28.8 Å². The van der Waals surface area contributed by atoms with Crippen LogP contribution in [0.25, 0.3) is 0 Å². The zero-order valence-electron chi connectivity index (χ0n) is 10.1. The summed E-state index contributed by atoms with van der Waals surface area (Å²) in [7, 11) is 0. The van der Waals surface area contributed by atoms with Gasteiger partial charge in [-0.1, -0.05) is 6.08 Å². The minimum Gasteiger partial charge on any atom is -0.306 e. The van der Waals surface area contributed by atoms with Gasteiger partial charge in [0.2, 0.25) is 5.91 Å². The van der Waals surface area contributed by atoms with Crippen LogP contribution >= 0.6 is 0 Å². The van der Waals surface area contributed by atoms with Crippen LogP contribution in [0, 0.1) is 27.4 Å². The molecule has 1 aromatic rings. The highest BCUT2D eigenvalue weighted by atomic mass is 16.6. The van der Waals surface area contributed by atoms with Gasteiger partial charge in [-0.05, 0) is 12.1 Å². The SMILES string of the molecule is C=CC1CC(=O)N(c2ccc(C#N)cc2[N+](=O)[O-])C1. The average Bonchev–Trinajstić information content (AvgIpc) is 2.79. The van der Waals surface area contributed by atoms with Crippen molar-refractivity contribution >= 4 is 17.3 Å². The lowest BCUT2D eigenvalue weighted by molar-refractivity contribution is -0.384. The molecule has 1 amide bonds. The topological polar surface area (TPSA) is 87.2 Å². The zero-order chi connectivity index (χ0) is 14.0. The Labute approximate surface area is 109 Å². The number of carbonyl (C=O) groups excluding carboxylic acids is 1. The minimum atomic E-state index is -0.579. The molecular weight excluding hydrogens is 246 g/mol. The van der Waals surface area contributed by atoms with Crippen LogP contribution in [0.3, 0.4) is 0 Å². The van der Waals surface area contributed by atoms with Gasteiger partial charge in [-0.2, -0.15) is 5.26 Å². The molecule has 1 unspecified atom stereocenters. The number of nitro benzene ring substituents is 1. The number of hydrogen-bond acceptors (Lipinski definition) is 4. The molecule has 19 heavy (non-hydrogen) atoms. The third kappa shape index (κ3) is 2.31. The van der Waals surface area contributed by atoms with E-state index >= 15 is 0 Å². The fourth-order valence-electron chi connectivity index (χ4n) is 2.09. The van der Waals surface area contributed by atoms with E-state index in [1.165, 1.54) is 23.1 Å². The van der Waals surface area contributed by atoms with E-state index in [1.807, 2.05) is 6.07 Å². The first-order valence-electron chi connectivity index (χ1n) is 5.68. The lowest BCUT2D eigenvalue weighted by Gasteiger charge is -2.16. The van der Waals surface area contributed by atoms with Crippen LogP contribution in [0.2, 0.25) is 0 Å². The second kappa shape index (κ2) is 4.90. The van der Waals surface area contributed by atoms with Gasteiger partial charge >= 0.3 is 0 Å². The fraction of sp³-hybridized carbons (Fsp3) is 0.231. The van der Waals surface area contributed by atoms with Crippen LogP contribution in [0.5, 0.6) is 0 Å². The summed E-state index contributed by atoms with van der Waals surface area (Å²) in [5, 5.41) is 19.8. The Bertz CT molecular complexity index is 604. The highest BCUT2D eigenvalue weighted by Gasteiger charge is 2.32. The van der Waals surface area contributed by atoms with Gasteiger partial charge in [-0.3, -0.25) is 14.9 Å². The first-order chi connectivity index (χ1) is 9.06. The number of benzene rings is 1. The van der Waals surface area contributed by atoms with E-state index in [1.54, 1.807) is 6.08 Å². The molecule has 0 N–H and O–H groups in total. The van der Waals surface area contributed by atoms with Crippen molar-refractivity contribution in [3.63, 3.8) is 0 Å². The number of rotatable bonds is 3. The number of hydrogen-bond donors (Lipinski definition) is 0. The van der Waals surface area contributed by atoms with E-state index in [2.05, 4.69) is 6.58 Å². The molecule has 0 aromatic heterocycles. The van der Waals surface area contributed by atoms with E-state index in [0.29, 0.717) is 13.0 Å². The van der Waals surface area contributed by atoms with Crippen molar-refractivity contribution < 1.29 is 9.72 Å². The summed E-state index contributed by atoms with van der Waals surface area (Å²) in [4.78, 5) is 23.7. The van der Waals surface area contributed by atoms with Gasteiger partial charge in [0.1, 0.15) is 5.69 Å². The Morgan fingerprint density at radius 3 is 2.84 bits per heavy atom. The van der Waals surface area contributed by atoms with Crippen molar-refractivity contribution in [1.82, 2.24) is 0 Å². The van der Waals surface area contributed by atoms with Crippen LogP contribution in [-0.2, 0) is 4.79 Å². The Morgan fingerprint density at radius 1 is 1.58 bits per heavy atom. The zero-order valence-corrected chi connectivity index (χ0v) is 10.1. The van der Waals surface area contributed by atoms with Crippen molar-refractivity contribution in [1.29, 1.82) is 5.26 Å². The minimum absolute atomic E-state index is 0.00254. The highest BCUT2D eigenvalue weighted by Crippen LogP contribution is 2.33. The number of nitriles is 1. The number of amides is 1. The van der Waals surface area contributed by atoms with E-state index < -0.39 is 4.92 Å². The van der Waals surface area contributed by atoms with Gasteiger partial charge in [0.05, 0.1) is 16.6 Å². The van der Waals surface area contributed by atoms with E-state index in [4.69, 9.17) is 5.26 Å². The van der Waals surface area contributed by atoms with Gasteiger partial charge in [-0.15, -0.1) is 6.58 Å². The maximum atomic E-state index is 11.9. The summed E-state index contributed by atoms with van der Waals surface area (Å²) in [6, 6.07) is 5.95. The molecular formula is C13H11N3O3. The molecule has 96 valence electrons. The standard InChI is InChI=1S/C13H11N3O3/c1-2-9-6-13(17)15(8-9)11-4-3-10(7-14)5-12(11)16(18)19/h2-5,9H,1,6,8H2. The van der Waals surface area contributed by atoms with Gasteiger partial charge in [0.25, 0.3) is 5.69 Å². The van der Waals surface area contributed by atoms with E-state index in [0.717, 1.165) is 0 Å². The maximum absolute atomic E-state index is 11.9. The smallest absolute Gasteiger partial charge is 0.294 e. The summed E-state index contributed by atoms with van der Waals surface area (Å²) in [5.41, 5.74) is 0.206. The molecule has 6 heteroatoms. The molecule has 1 heterocycles. The molecule has 1 aromatic carbocycles. The van der Waals surface area contributed by atoms with Gasteiger partial charge in [0.15, 0.2) is 0 Å². The largest absolute Gasteiger partial charge is 0.306 e. The lowest BCUT2D eigenvalue weighted by atomic mass is 10.1. The molecule has 1 saturated heterocycles. The van der Waals surface area contributed by atoms with Gasteiger partial charge < -0.3 is 4.90 Å². The Hall–Kier alpha value is -2.68. The first kappa shape index (κ1) is 12.8. The molecule has 0 saturated carbocycles. The Kier molecular flexibility index (Phi) is 3.29. The van der Waals surface area contributed by atoms with E-state index in [9.17, 15) is 14.9 Å². The van der Waals surface area contributed by atoms with Gasteiger partial charge in [0, 0.05) is 24.9 Å². The number of carbonyl (C=O) groups is 1. The summed E-state index contributed by atoms with van der Waals surface area (Å²) in [5.74, 6) is -0.166. The van der Waals surface area contributed by atoms with Crippen LogP contribution < -0.4 is 4.90 Å². The van der Waals surface area contributed by atoms with Gasteiger partial charge in [-0.25, -0.2) is 0 Å². The van der Waals surface area contributed by atoms with Crippen molar-refractivity contribution in [2.24, 2.45) is 5.92 Å². The predicted octanol–water partition coefficient (Wildman–Crippen LogP) is 2.01. The third-order valence-electron chi connectivity index (χ3n) is 3.08. The molecule has 1 aliphatic heterocycles. The van der Waals surface area contributed by atoms with Crippen LogP contribution in [0.4, 0.5) is 11.4 Å². The summed E-state index contributed by atoms with van der Waals surface area (Å²) >= 11 is 0. The van der Waals surface area contributed by atoms with Crippen LogP contribution in [0.1, 0.15) is 12.0 Å². The molecule has 6 nitrogen and oxygen atoms in total. The van der Waals surface area contributed by atoms with Crippen LogP contribution in [-0.4, -0.2) is 17.4 Å². The highest BCUT2D eigenvalue weighted by molar-refractivity contribution is 5.98. The quantitative estimate of drug-likeness (QED) is 0.470.